The number of methoxy groups -OCH3 is 1. The van der Waals surface area contributed by atoms with E-state index in [1.54, 1.807) is 26.4 Å². The van der Waals surface area contributed by atoms with Gasteiger partial charge in [-0.2, -0.15) is 0 Å². The number of halogens is 1. The van der Waals surface area contributed by atoms with Crippen molar-refractivity contribution in [2.45, 2.75) is 0 Å². The first-order chi connectivity index (χ1) is 7.74. The Hall–Kier alpha value is -1.68. The fourth-order valence-corrected chi connectivity index (χ4v) is 1.60. The van der Waals surface area contributed by atoms with Gasteiger partial charge in [0, 0.05) is 12.6 Å². The van der Waals surface area contributed by atoms with Crippen molar-refractivity contribution in [2.24, 2.45) is 0 Å². The summed E-state index contributed by atoms with van der Waals surface area (Å²) in [6.45, 7) is 0. The molecule has 5 heteroatoms. The first kappa shape index (κ1) is 10.8. The van der Waals surface area contributed by atoms with Gasteiger partial charge in [-0.05, 0) is 18.2 Å². The van der Waals surface area contributed by atoms with Crippen molar-refractivity contribution < 1.29 is 9.15 Å². The molecule has 16 heavy (non-hydrogen) atoms. The van der Waals surface area contributed by atoms with E-state index in [-0.39, 0.29) is 0 Å². The monoisotopic (exact) mass is 238 g/mol. The molecule has 0 amide bonds. The van der Waals surface area contributed by atoms with Gasteiger partial charge >= 0.3 is 0 Å². The van der Waals surface area contributed by atoms with Crippen LogP contribution in [0, 0.1) is 0 Å². The normalized spacial score (nSPS) is 10.2. The largest absolute Gasteiger partial charge is 0.497 e. The molecule has 0 saturated heterocycles. The van der Waals surface area contributed by atoms with Crippen LogP contribution in [0.3, 0.4) is 0 Å². The number of hydrogen-bond acceptors (Lipinski definition) is 4. The molecule has 0 bridgehead atoms. The number of nitrogens with one attached hydrogen (secondary N) is 1. The molecule has 0 aliphatic heterocycles. The van der Waals surface area contributed by atoms with Crippen molar-refractivity contribution in [2.75, 3.05) is 19.5 Å². The SMILES string of the molecule is CNc1ncc(-c2ccc(OC)cc2Cl)o1. The summed E-state index contributed by atoms with van der Waals surface area (Å²) in [5, 5.41) is 3.38. The number of hydrogen-bond donors (Lipinski definition) is 1. The summed E-state index contributed by atoms with van der Waals surface area (Å²) in [5.41, 5.74) is 0.788. The molecule has 1 aromatic carbocycles. The van der Waals surface area contributed by atoms with Gasteiger partial charge in [-0.15, -0.1) is 0 Å². The second-order valence-electron chi connectivity index (χ2n) is 3.13. The smallest absolute Gasteiger partial charge is 0.294 e. The maximum atomic E-state index is 6.11. The summed E-state index contributed by atoms with van der Waals surface area (Å²) in [6, 6.07) is 5.85. The summed E-state index contributed by atoms with van der Waals surface area (Å²) in [5.74, 6) is 1.33. The minimum atomic E-state index is 0.460. The van der Waals surface area contributed by atoms with Gasteiger partial charge in [0.25, 0.3) is 6.01 Å². The summed E-state index contributed by atoms with van der Waals surface area (Å²) in [4.78, 5) is 4.03. The third kappa shape index (κ3) is 1.97. The van der Waals surface area contributed by atoms with Crippen LogP contribution in [0.25, 0.3) is 11.3 Å². The Kier molecular flexibility index (Phi) is 3.01. The Labute approximate surface area is 98.2 Å². The van der Waals surface area contributed by atoms with Crippen LogP contribution in [0.4, 0.5) is 6.01 Å². The predicted molar refractivity (Wildman–Crippen MR) is 63.0 cm³/mol. The zero-order valence-electron chi connectivity index (χ0n) is 8.95. The molecule has 1 heterocycles. The maximum Gasteiger partial charge on any atom is 0.294 e. The topological polar surface area (TPSA) is 47.3 Å². The Morgan fingerprint density at radius 2 is 2.25 bits per heavy atom. The molecule has 0 saturated carbocycles. The highest BCUT2D eigenvalue weighted by Gasteiger charge is 2.09. The average Bonchev–Trinajstić information content (AvgIpc) is 2.77. The van der Waals surface area contributed by atoms with Crippen molar-refractivity contribution >= 4 is 17.6 Å². The van der Waals surface area contributed by atoms with Crippen molar-refractivity contribution in [3.05, 3.63) is 29.4 Å². The van der Waals surface area contributed by atoms with Crippen LogP contribution in [-0.2, 0) is 0 Å². The van der Waals surface area contributed by atoms with E-state index in [0.717, 1.165) is 5.56 Å². The van der Waals surface area contributed by atoms with Gasteiger partial charge in [0.15, 0.2) is 5.76 Å². The standard InChI is InChI=1S/C11H11ClN2O2/c1-13-11-14-6-10(16-11)8-4-3-7(15-2)5-9(8)12/h3-6H,1-2H3,(H,13,14). The van der Waals surface area contributed by atoms with Gasteiger partial charge in [-0.1, -0.05) is 11.6 Å². The van der Waals surface area contributed by atoms with E-state index in [2.05, 4.69) is 10.3 Å². The average molecular weight is 239 g/mol. The highest BCUT2D eigenvalue weighted by Crippen LogP contribution is 2.32. The molecule has 1 N–H and O–H groups in total. The third-order valence-electron chi connectivity index (χ3n) is 2.16. The summed E-state index contributed by atoms with van der Waals surface area (Å²) in [6.07, 6.45) is 1.62. The summed E-state index contributed by atoms with van der Waals surface area (Å²) >= 11 is 6.11. The number of oxazole rings is 1. The first-order valence-electron chi connectivity index (χ1n) is 4.72. The fourth-order valence-electron chi connectivity index (χ4n) is 1.34. The molecule has 0 spiro atoms. The van der Waals surface area contributed by atoms with E-state index in [4.69, 9.17) is 20.8 Å². The van der Waals surface area contributed by atoms with Crippen molar-refractivity contribution in [3.8, 4) is 17.1 Å². The van der Waals surface area contributed by atoms with E-state index < -0.39 is 0 Å². The second kappa shape index (κ2) is 4.45. The van der Waals surface area contributed by atoms with Crippen LogP contribution >= 0.6 is 11.6 Å². The van der Waals surface area contributed by atoms with E-state index in [9.17, 15) is 0 Å². The van der Waals surface area contributed by atoms with Crippen molar-refractivity contribution in [3.63, 3.8) is 0 Å². The molecule has 0 fully saturated rings. The van der Waals surface area contributed by atoms with Gasteiger partial charge in [0.2, 0.25) is 0 Å². The summed E-state index contributed by atoms with van der Waals surface area (Å²) < 4.78 is 10.5. The lowest BCUT2D eigenvalue weighted by Gasteiger charge is -2.03. The minimum absolute atomic E-state index is 0.460. The molecule has 84 valence electrons. The molecule has 0 aliphatic rings. The Balaban J connectivity index is 2.40. The third-order valence-corrected chi connectivity index (χ3v) is 2.47. The number of ether oxygens (including phenoxy) is 1. The van der Waals surface area contributed by atoms with Crippen LogP contribution in [0.1, 0.15) is 0 Å². The van der Waals surface area contributed by atoms with Gasteiger partial charge in [0.1, 0.15) is 5.75 Å². The van der Waals surface area contributed by atoms with Gasteiger partial charge in [-0.25, -0.2) is 4.98 Å². The predicted octanol–water partition coefficient (Wildman–Crippen LogP) is 3.05. The second-order valence-corrected chi connectivity index (χ2v) is 3.53. The number of aromatic nitrogens is 1. The van der Waals surface area contributed by atoms with Crippen LogP contribution in [0.15, 0.2) is 28.8 Å². The lowest BCUT2D eigenvalue weighted by Crippen LogP contribution is -1.85. The van der Waals surface area contributed by atoms with Crippen LogP contribution in [0.2, 0.25) is 5.02 Å². The molecule has 4 nitrogen and oxygen atoms in total. The summed E-state index contributed by atoms with van der Waals surface area (Å²) in [7, 11) is 3.34. The molecule has 0 aliphatic carbocycles. The van der Waals surface area contributed by atoms with Crippen LogP contribution in [0.5, 0.6) is 5.75 Å². The number of anilines is 1. The molecule has 2 aromatic rings. The van der Waals surface area contributed by atoms with Crippen molar-refractivity contribution in [1.29, 1.82) is 0 Å². The highest BCUT2D eigenvalue weighted by molar-refractivity contribution is 6.33. The fraction of sp³-hybridized carbons (Fsp3) is 0.182. The molecule has 1 aromatic heterocycles. The van der Waals surface area contributed by atoms with Gasteiger partial charge < -0.3 is 14.5 Å². The molecule has 0 radical (unpaired) electrons. The molecule has 0 atom stereocenters. The number of nitrogens with zero attached hydrogens (tertiary/aromatic N) is 1. The first-order valence-corrected chi connectivity index (χ1v) is 5.10. The Bertz CT molecular complexity index is 496. The molecule has 2 rings (SSSR count). The molecule has 0 unspecified atom stereocenters. The van der Waals surface area contributed by atoms with E-state index in [0.29, 0.717) is 22.5 Å². The van der Waals surface area contributed by atoms with E-state index in [1.165, 1.54) is 0 Å². The zero-order chi connectivity index (χ0) is 11.5. The Morgan fingerprint density at radius 1 is 1.44 bits per heavy atom. The van der Waals surface area contributed by atoms with Crippen molar-refractivity contribution in [1.82, 2.24) is 4.98 Å². The lowest BCUT2D eigenvalue weighted by molar-refractivity contribution is 0.415. The maximum absolute atomic E-state index is 6.11. The minimum Gasteiger partial charge on any atom is -0.497 e. The zero-order valence-corrected chi connectivity index (χ0v) is 9.71. The van der Waals surface area contributed by atoms with E-state index >= 15 is 0 Å². The lowest BCUT2D eigenvalue weighted by atomic mass is 10.2. The number of rotatable bonds is 3. The van der Waals surface area contributed by atoms with Crippen LogP contribution < -0.4 is 10.1 Å². The molecular weight excluding hydrogens is 228 g/mol. The number of benzene rings is 1. The Morgan fingerprint density at radius 3 is 2.81 bits per heavy atom. The quantitative estimate of drug-likeness (QED) is 0.893. The van der Waals surface area contributed by atoms with E-state index in [1.807, 2.05) is 12.1 Å². The van der Waals surface area contributed by atoms with Gasteiger partial charge in [0.05, 0.1) is 18.3 Å². The highest BCUT2D eigenvalue weighted by atomic mass is 35.5. The molecular formula is C11H11ClN2O2. The van der Waals surface area contributed by atoms with Gasteiger partial charge in [-0.3, -0.25) is 0 Å². The van der Waals surface area contributed by atoms with Crippen LogP contribution in [-0.4, -0.2) is 19.1 Å².